The number of hydrazone groups is 1. The lowest BCUT2D eigenvalue weighted by Crippen LogP contribution is -2.36. The summed E-state index contributed by atoms with van der Waals surface area (Å²) in [5, 5.41) is 14.1. The Labute approximate surface area is 170 Å². The summed E-state index contributed by atoms with van der Waals surface area (Å²) in [4.78, 5) is 7.83. The van der Waals surface area contributed by atoms with Crippen LogP contribution in [0.15, 0.2) is 41.0 Å². The molecule has 0 radical (unpaired) electrons. The van der Waals surface area contributed by atoms with Gasteiger partial charge < -0.3 is 4.98 Å². The van der Waals surface area contributed by atoms with Gasteiger partial charge >= 0.3 is 0 Å². The number of allylic oxidation sites excluding steroid dienone is 2. The lowest BCUT2D eigenvalue weighted by Gasteiger charge is -2.46. The number of aromatic nitrogens is 4. The highest BCUT2D eigenvalue weighted by molar-refractivity contribution is 6.03. The topological polar surface area (TPSA) is 78.8 Å². The van der Waals surface area contributed by atoms with Gasteiger partial charge in [0.1, 0.15) is 5.52 Å². The van der Waals surface area contributed by atoms with Crippen molar-refractivity contribution < 1.29 is 0 Å². The molecule has 0 saturated heterocycles. The lowest BCUT2D eigenvalue weighted by molar-refractivity contribution is 0.149. The number of rotatable bonds is 3. The van der Waals surface area contributed by atoms with Gasteiger partial charge in [0.05, 0.1) is 0 Å². The van der Waals surface area contributed by atoms with E-state index in [2.05, 4.69) is 63.8 Å². The highest BCUT2D eigenvalue weighted by atomic mass is 15.4. The van der Waals surface area contributed by atoms with Gasteiger partial charge in [0.25, 0.3) is 5.95 Å². The average molecular weight is 389 g/mol. The Morgan fingerprint density at radius 2 is 2.10 bits per heavy atom. The van der Waals surface area contributed by atoms with E-state index in [1.54, 1.807) is 5.57 Å². The smallest absolute Gasteiger partial charge is 0.265 e. The molecule has 0 aliphatic heterocycles. The van der Waals surface area contributed by atoms with E-state index in [1.807, 2.05) is 24.3 Å². The molecule has 2 heterocycles. The minimum atomic E-state index is 0.386. The SMILES string of the molecule is C[C@H]1CC2=CCCC(C)(C)[C@H]2C[C@@H]1/C=N\Nc1nnc2c(n1)[nH]c1ccccc12. The zero-order valence-electron chi connectivity index (χ0n) is 17.3. The predicted octanol–water partition coefficient (Wildman–Crippen LogP) is 5.31. The molecule has 3 atom stereocenters. The van der Waals surface area contributed by atoms with Crippen LogP contribution in [0.4, 0.5) is 5.95 Å². The van der Waals surface area contributed by atoms with Crippen LogP contribution in [0.2, 0.25) is 0 Å². The predicted molar refractivity (Wildman–Crippen MR) is 118 cm³/mol. The molecule has 1 fully saturated rings. The van der Waals surface area contributed by atoms with Crippen molar-refractivity contribution in [2.24, 2.45) is 28.3 Å². The summed E-state index contributed by atoms with van der Waals surface area (Å²) in [6, 6.07) is 8.03. The average Bonchev–Trinajstić information content (AvgIpc) is 3.06. The van der Waals surface area contributed by atoms with Crippen LogP contribution in [0.3, 0.4) is 0 Å². The van der Waals surface area contributed by atoms with Gasteiger partial charge in [-0.05, 0) is 54.9 Å². The fourth-order valence-electron chi connectivity index (χ4n) is 5.14. The Balaban J connectivity index is 1.32. The molecule has 150 valence electrons. The normalized spacial score (nSPS) is 26.6. The maximum absolute atomic E-state index is 4.54. The van der Waals surface area contributed by atoms with E-state index in [1.165, 1.54) is 25.7 Å². The first-order valence-electron chi connectivity index (χ1n) is 10.6. The van der Waals surface area contributed by atoms with E-state index < -0.39 is 0 Å². The minimum absolute atomic E-state index is 0.386. The minimum Gasteiger partial charge on any atom is -0.338 e. The molecule has 0 spiro atoms. The molecule has 2 aromatic heterocycles. The Morgan fingerprint density at radius 3 is 3.00 bits per heavy atom. The van der Waals surface area contributed by atoms with Crippen LogP contribution in [0.25, 0.3) is 22.1 Å². The van der Waals surface area contributed by atoms with E-state index in [9.17, 15) is 0 Å². The van der Waals surface area contributed by atoms with Crippen molar-refractivity contribution in [1.82, 2.24) is 20.2 Å². The molecule has 2 N–H and O–H groups in total. The van der Waals surface area contributed by atoms with Crippen molar-refractivity contribution in [2.75, 3.05) is 5.43 Å². The van der Waals surface area contributed by atoms with Crippen LogP contribution in [0.1, 0.15) is 46.5 Å². The second-order valence-corrected chi connectivity index (χ2v) is 9.33. The zero-order valence-corrected chi connectivity index (χ0v) is 17.3. The molecule has 29 heavy (non-hydrogen) atoms. The number of nitrogens with zero attached hydrogens (tertiary/aromatic N) is 4. The van der Waals surface area contributed by atoms with Gasteiger partial charge in [-0.25, -0.2) is 5.43 Å². The first-order valence-corrected chi connectivity index (χ1v) is 10.6. The van der Waals surface area contributed by atoms with E-state index in [0.29, 0.717) is 29.1 Å². The van der Waals surface area contributed by atoms with Crippen LogP contribution in [-0.4, -0.2) is 26.4 Å². The summed E-state index contributed by atoms with van der Waals surface area (Å²) in [6.45, 7) is 7.17. The van der Waals surface area contributed by atoms with Gasteiger partial charge in [-0.2, -0.15) is 10.1 Å². The monoisotopic (exact) mass is 388 g/mol. The van der Waals surface area contributed by atoms with Gasteiger partial charge in [-0.15, -0.1) is 10.2 Å². The third-order valence-corrected chi connectivity index (χ3v) is 6.94. The number of hydrogen-bond acceptors (Lipinski definition) is 5. The van der Waals surface area contributed by atoms with Crippen LogP contribution in [0, 0.1) is 23.2 Å². The van der Waals surface area contributed by atoms with Crippen LogP contribution in [0.5, 0.6) is 0 Å². The number of fused-ring (bicyclic) bond motifs is 4. The van der Waals surface area contributed by atoms with Crippen molar-refractivity contribution in [3.63, 3.8) is 0 Å². The standard InChI is InChI=1S/C23H28N6/c1-14-11-15-7-6-10-23(2,3)18(15)12-16(14)13-24-28-22-26-21-20(27-29-22)17-8-4-5-9-19(17)25-21/h4-5,7-9,13-14,16,18H,6,10-12H2,1-3H3,(H2,25,26,28,29)/b24-13-/t14-,16+,18-/m0/s1. The number of benzene rings is 1. The van der Waals surface area contributed by atoms with E-state index in [0.717, 1.165) is 22.1 Å². The van der Waals surface area contributed by atoms with E-state index in [4.69, 9.17) is 0 Å². The van der Waals surface area contributed by atoms with Crippen LogP contribution in [-0.2, 0) is 0 Å². The highest BCUT2D eigenvalue weighted by Gasteiger charge is 2.40. The third-order valence-electron chi connectivity index (χ3n) is 6.94. The molecular formula is C23H28N6. The molecule has 6 nitrogen and oxygen atoms in total. The molecule has 1 saturated carbocycles. The van der Waals surface area contributed by atoms with E-state index >= 15 is 0 Å². The second-order valence-electron chi connectivity index (χ2n) is 9.33. The molecular weight excluding hydrogens is 360 g/mol. The summed E-state index contributed by atoms with van der Waals surface area (Å²) in [7, 11) is 0. The first kappa shape index (κ1) is 18.3. The summed E-state index contributed by atoms with van der Waals surface area (Å²) in [6.07, 6.45) is 9.42. The zero-order chi connectivity index (χ0) is 20.0. The van der Waals surface area contributed by atoms with Gasteiger partial charge in [0.2, 0.25) is 0 Å². The van der Waals surface area contributed by atoms with Crippen molar-refractivity contribution in [3.8, 4) is 0 Å². The largest absolute Gasteiger partial charge is 0.338 e. The van der Waals surface area contributed by atoms with Gasteiger partial charge in [-0.1, -0.05) is 50.6 Å². The van der Waals surface area contributed by atoms with Gasteiger partial charge in [-0.3, -0.25) is 0 Å². The van der Waals surface area contributed by atoms with Crippen molar-refractivity contribution in [2.45, 2.75) is 46.5 Å². The number of para-hydroxylation sites is 1. The molecule has 2 aliphatic rings. The lowest BCUT2D eigenvalue weighted by atomic mass is 9.59. The Kier molecular flexibility index (Phi) is 4.37. The van der Waals surface area contributed by atoms with Crippen LogP contribution < -0.4 is 5.43 Å². The third kappa shape index (κ3) is 3.30. The maximum atomic E-state index is 4.54. The van der Waals surface area contributed by atoms with Crippen LogP contribution >= 0.6 is 0 Å². The first-order chi connectivity index (χ1) is 14.0. The second kappa shape index (κ2) is 6.94. The quantitative estimate of drug-likeness (QED) is 0.362. The number of hydrogen-bond donors (Lipinski definition) is 2. The van der Waals surface area contributed by atoms with Gasteiger partial charge in [0.15, 0.2) is 5.65 Å². The summed E-state index contributed by atoms with van der Waals surface area (Å²) >= 11 is 0. The van der Waals surface area contributed by atoms with Crippen molar-refractivity contribution in [1.29, 1.82) is 0 Å². The molecule has 0 amide bonds. The summed E-state index contributed by atoms with van der Waals surface area (Å²) in [5.74, 6) is 2.16. The summed E-state index contributed by atoms with van der Waals surface area (Å²) in [5.41, 5.74) is 7.57. The molecule has 0 unspecified atom stereocenters. The summed E-state index contributed by atoms with van der Waals surface area (Å²) < 4.78 is 0. The number of H-pyrrole nitrogens is 1. The highest BCUT2D eigenvalue weighted by Crippen LogP contribution is 2.50. The molecule has 2 aliphatic carbocycles. The maximum Gasteiger partial charge on any atom is 0.265 e. The fourth-order valence-corrected chi connectivity index (χ4v) is 5.14. The number of aromatic amines is 1. The van der Waals surface area contributed by atoms with Gasteiger partial charge in [0, 0.05) is 17.1 Å². The Morgan fingerprint density at radius 1 is 1.24 bits per heavy atom. The van der Waals surface area contributed by atoms with Crippen molar-refractivity contribution >= 4 is 34.2 Å². The molecule has 3 aromatic rings. The van der Waals surface area contributed by atoms with Crippen molar-refractivity contribution in [3.05, 3.63) is 35.9 Å². The molecule has 0 bridgehead atoms. The van der Waals surface area contributed by atoms with E-state index in [-0.39, 0.29) is 0 Å². The Bertz CT molecular complexity index is 1110. The molecule has 6 heteroatoms. The molecule has 1 aromatic carbocycles. The molecule has 5 rings (SSSR count). The number of nitrogens with one attached hydrogen (secondary N) is 2. The number of anilines is 1. The fraction of sp³-hybridized carbons (Fsp3) is 0.478. The Hall–Kier alpha value is -2.76.